The SMILES string of the molecule is C/C=C/C1CCC(C2CCC(O)CC2)CC1.CC. The van der Waals surface area contributed by atoms with Crippen molar-refractivity contribution in [3.63, 3.8) is 0 Å². The molecule has 2 aliphatic rings. The molecule has 1 N–H and O–H groups in total. The Balaban J connectivity index is 0.000000771. The molecule has 0 unspecified atom stereocenters. The molecule has 0 aromatic heterocycles. The Morgan fingerprint density at radius 2 is 1.22 bits per heavy atom. The van der Waals surface area contributed by atoms with Crippen molar-refractivity contribution in [1.29, 1.82) is 0 Å². The minimum Gasteiger partial charge on any atom is -0.393 e. The Kier molecular flexibility index (Phi) is 7.65. The summed E-state index contributed by atoms with van der Waals surface area (Å²) in [6, 6.07) is 0. The van der Waals surface area contributed by atoms with E-state index >= 15 is 0 Å². The van der Waals surface area contributed by atoms with Crippen LogP contribution in [0.5, 0.6) is 0 Å². The van der Waals surface area contributed by atoms with Gasteiger partial charge in [0, 0.05) is 0 Å². The van der Waals surface area contributed by atoms with Crippen LogP contribution in [0.15, 0.2) is 12.2 Å². The van der Waals surface area contributed by atoms with Crippen LogP contribution in [0.25, 0.3) is 0 Å². The Morgan fingerprint density at radius 1 is 0.778 bits per heavy atom. The molecule has 2 fully saturated rings. The molecule has 0 heterocycles. The Morgan fingerprint density at radius 3 is 1.67 bits per heavy atom. The molecule has 0 aliphatic heterocycles. The molecular formula is C17H32O. The summed E-state index contributed by atoms with van der Waals surface area (Å²) in [6.07, 6.45) is 14.9. The lowest BCUT2D eigenvalue weighted by molar-refractivity contribution is 0.0793. The van der Waals surface area contributed by atoms with Gasteiger partial charge in [0.05, 0.1) is 6.10 Å². The van der Waals surface area contributed by atoms with E-state index in [9.17, 15) is 5.11 Å². The first-order chi connectivity index (χ1) is 8.79. The topological polar surface area (TPSA) is 20.2 Å². The van der Waals surface area contributed by atoms with E-state index < -0.39 is 0 Å². The van der Waals surface area contributed by atoms with Gasteiger partial charge in [0.25, 0.3) is 0 Å². The summed E-state index contributed by atoms with van der Waals surface area (Å²) in [5.74, 6) is 2.75. The minimum absolute atomic E-state index is 0.00983. The molecule has 2 rings (SSSR count). The Hall–Kier alpha value is -0.300. The fourth-order valence-electron chi connectivity index (χ4n) is 3.65. The van der Waals surface area contributed by atoms with Crippen LogP contribution in [-0.4, -0.2) is 11.2 Å². The standard InChI is InChI=1S/C15H26O.C2H6/c1-2-3-12-4-6-13(7-5-12)14-8-10-15(16)11-9-14;1-2/h2-3,12-16H,4-11H2,1H3;1-2H3/b3-2+;. The van der Waals surface area contributed by atoms with Gasteiger partial charge in [-0.1, -0.05) is 26.0 Å². The minimum atomic E-state index is 0.00983. The number of aliphatic hydroxyl groups excluding tert-OH is 1. The average Bonchev–Trinajstić information content (AvgIpc) is 2.43. The van der Waals surface area contributed by atoms with Crippen molar-refractivity contribution in [2.24, 2.45) is 17.8 Å². The highest BCUT2D eigenvalue weighted by Crippen LogP contribution is 2.40. The van der Waals surface area contributed by atoms with Gasteiger partial charge in [0.15, 0.2) is 0 Å². The van der Waals surface area contributed by atoms with Gasteiger partial charge in [-0.15, -0.1) is 0 Å². The third kappa shape index (κ3) is 4.76. The number of rotatable bonds is 2. The molecule has 0 bridgehead atoms. The largest absolute Gasteiger partial charge is 0.393 e. The quantitative estimate of drug-likeness (QED) is 0.690. The van der Waals surface area contributed by atoms with Gasteiger partial charge in [-0.05, 0) is 76.0 Å². The van der Waals surface area contributed by atoms with Crippen molar-refractivity contribution in [3.05, 3.63) is 12.2 Å². The molecule has 2 saturated carbocycles. The highest BCUT2D eigenvalue weighted by atomic mass is 16.3. The summed E-state index contributed by atoms with van der Waals surface area (Å²) < 4.78 is 0. The van der Waals surface area contributed by atoms with Crippen LogP contribution in [0.2, 0.25) is 0 Å². The van der Waals surface area contributed by atoms with Crippen LogP contribution < -0.4 is 0 Å². The zero-order chi connectivity index (χ0) is 13.4. The molecule has 2 aliphatic carbocycles. The highest BCUT2D eigenvalue weighted by Gasteiger charge is 2.29. The first kappa shape index (κ1) is 15.8. The van der Waals surface area contributed by atoms with Gasteiger partial charge >= 0.3 is 0 Å². The molecule has 0 spiro atoms. The van der Waals surface area contributed by atoms with Crippen molar-refractivity contribution in [2.45, 2.75) is 78.2 Å². The lowest BCUT2D eigenvalue weighted by Crippen LogP contribution is -2.27. The van der Waals surface area contributed by atoms with Crippen LogP contribution in [0, 0.1) is 17.8 Å². The molecule has 0 aromatic carbocycles. The van der Waals surface area contributed by atoms with E-state index in [1.807, 2.05) is 13.8 Å². The number of aliphatic hydroxyl groups is 1. The van der Waals surface area contributed by atoms with E-state index in [0.717, 1.165) is 30.6 Å². The molecule has 0 saturated heterocycles. The maximum atomic E-state index is 9.53. The van der Waals surface area contributed by atoms with E-state index in [2.05, 4.69) is 19.1 Å². The zero-order valence-corrected chi connectivity index (χ0v) is 12.6. The molecule has 106 valence electrons. The van der Waals surface area contributed by atoms with E-state index in [4.69, 9.17) is 0 Å². The predicted octanol–water partition coefficient (Wildman–Crippen LogP) is 4.95. The number of allylic oxidation sites excluding steroid dienone is 2. The molecule has 0 amide bonds. The van der Waals surface area contributed by atoms with E-state index in [1.54, 1.807) is 0 Å². The third-order valence-corrected chi connectivity index (χ3v) is 4.69. The maximum absolute atomic E-state index is 9.53. The summed E-state index contributed by atoms with van der Waals surface area (Å²) in [5.41, 5.74) is 0. The van der Waals surface area contributed by atoms with Crippen molar-refractivity contribution < 1.29 is 5.11 Å². The smallest absolute Gasteiger partial charge is 0.0540 e. The average molecular weight is 252 g/mol. The summed E-state index contributed by atoms with van der Waals surface area (Å²) >= 11 is 0. The molecule has 0 atom stereocenters. The van der Waals surface area contributed by atoms with E-state index in [1.165, 1.54) is 38.5 Å². The second-order valence-corrected chi connectivity index (χ2v) is 5.77. The normalized spacial score (nSPS) is 37.1. The fourth-order valence-corrected chi connectivity index (χ4v) is 3.65. The van der Waals surface area contributed by atoms with Crippen molar-refractivity contribution in [3.8, 4) is 0 Å². The summed E-state index contributed by atoms with van der Waals surface area (Å²) in [7, 11) is 0. The zero-order valence-electron chi connectivity index (χ0n) is 12.6. The molecule has 18 heavy (non-hydrogen) atoms. The lowest BCUT2D eigenvalue weighted by Gasteiger charge is -2.36. The van der Waals surface area contributed by atoms with Crippen LogP contribution >= 0.6 is 0 Å². The molecule has 0 aromatic rings. The van der Waals surface area contributed by atoms with Crippen molar-refractivity contribution in [1.82, 2.24) is 0 Å². The number of hydrogen-bond acceptors (Lipinski definition) is 1. The Labute approximate surface area is 114 Å². The van der Waals surface area contributed by atoms with Crippen LogP contribution in [0.3, 0.4) is 0 Å². The van der Waals surface area contributed by atoms with Crippen LogP contribution in [0.4, 0.5) is 0 Å². The van der Waals surface area contributed by atoms with Crippen LogP contribution in [0.1, 0.15) is 72.1 Å². The maximum Gasteiger partial charge on any atom is 0.0540 e. The van der Waals surface area contributed by atoms with Gasteiger partial charge in [0.1, 0.15) is 0 Å². The van der Waals surface area contributed by atoms with E-state index in [0.29, 0.717) is 0 Å². The summed E-state index contributed by atoms with van der Waals surface area (Å²) in [5, 5.41) is 9.53. The fraction of sp³-hybridized carbons (Fsp3) is 0.882. The van der Waals surface area contributed by atoms with E-state index in [-0.39, 0.29) is 6.10 Å². The van der Waals surface area contributed by atoms with Crippen LogP contribution in [-0.2, 0) is 0 Å². The van der Waals surface area contributed by atoms with Gasteiger partial charge in [-0.25, -0.2) is 0 Å². The molecular weight excluding hydrogens is 220 g/mol. The third-order valence-electron chi connectivity index (χ3n) is 4.69. The first-order valence-electron chi connectivity index (χ1n) is 8.10. The second-order valence-electron chi connectivity index (χ2n) is 5.77. The predicted molar refractivity (Wildman–Crippen MR) is 79.6 cm³/mol. The van der Waals surface area contributed by atoms with Gasteiger partial charge in [-0.2, -0.15) is 0 Å². The lowest BCUT2D eigenvalue weighted by atomic mass is 9.70. The second kappa shape index (κ2) is 8.74. The van der Waals surface area contributed by atoms with Crippen molar-refractivity contribution in [2.75, 3.05) is 0 Å². The monoisotopic (exact) mass is 252 g/mol. The molecule has 0 radical (unpaired) electrons. The summed E-state index contributed by atoms with van der Waals surface area (Å²) in [4.78, 5) is 0. The highest BCUT2D eigenvalue weighted by molar-refractivity contribution is 4.90. The van der Waals surface area contributed by atoms with Gasteiger partial charge in [0.2, 0.25) is 0 Å². The number of hydrogen-bond donors (Lipinski definition) is 1. The Bertz CT molecular complexity index is 218. The summed E-state index contributed by atoms with van der Waals surface area (Å²) in [6.45, 7) is 6.13. The van der Waals surface area contributed by atoms with Gasteiger partial charge < -0.3 is 5.11 Å². The molecule has 1 heteroatoms. The van der Waals surface area contributed by atoms with Crippen molar-refractivity contribution >= 4 is 0 Å². The van der Waals surface area contributed by atoms with Gasteiger partial charge in [-0.3, -0.25) is 0 Å². The molecule has 1 nitrogen and oxygen atoms in total. The first-order valence-corrected chi connectivity index (χ1v) is 8.10.